The van der Waals surface area contributed by atoms with E-state index in [0.717, 1.165) is 19.4 Å². The van der Waals surface area contributed by atoms with Crippen LogP contribution in [0.1, 0.15) is 33.6 Å². The van der Waals surface area contributed by atoms with Gasteiger partial charge in [0.2, 0.25) is 0 Å². The van der Waals surface area contributed by atoms with Crippen molar-refractivity contribution in [2.75, 3.05) is 13.1 Å². The molecule has 0 radical (unpaired) electrons. The minimum absolute atomic E-state index is 0.210. The number of hydrogen-bond acceptors (Lipinski definition) is 3. The van der Waals surface area contributed by atoms with Gasteiger partial charge >= 0.3 is 6.09 Å². The van der Waals surface area contributed by atoms with Gasteiger partial charge in [-0.3, -0.25) is 0 Å². The van der Waals surface area contributed by atoms with E-state index >= 15 is 0 Å². The van der Waals surface area contributed by atoms with Gasteiger partial charge in [0.25, 0.3) is 0 Å². The normalized spacial score (nSPS) is 30.5. The Labute approximate surface area is 90.5 Å². The minimum atomic E-state index is -0.410. The molecule has 4 nitrogen and oxygen atoms in total. The molecule has 2 aliphatic rings. The van der Waals surface area contributed by atoms with E-state index in [1.165, 1.54) is 0 Å². The van der Waals surface area contributed by atoms with E-state index < -0.39 is 5.60 Å². The highest BCUT2D eigenvalue weighted by atomic mass is 16.6. The number of amides is 1. The van der Waals surface area contributed by atoms with Gasteiger partial charge < -0.3 is 14.4 Å². The van der Waals surface area contributed by atoms with Crippen molar-refractivity contribution in [3.63, 3.8) is 0 Å². The van der Waals surface area contributed by atoms with Gasteiger partial charge in [-0.15, -0.1) is 0 Å². The molecule has 2 atom stereocenters. The van der Waals surface area contributed by atoms with Crippen molar-refractivity contribution < 1.29 is 14.3 Å². The summed E-state index contributed by atoms with van der Waals surface area (Å²) < 4.78 is 10.7. The van der Waals surface area contributed by atoms with Crippen LogP contribution in [0.15, 0.2) is 0 Å². The second-order valence-electron chi connectivity index (χ2n) is 5.28. The van der Waals surface area contributed by atoms with Crippen molar-refractivity contribution in [1.29, 1.82) is 0 Å². The zero-order valence-electron chi connectivity index (χ0n) is 9.66. The zero-order chi connectivity index (χ0) is 11.1. The Morgan fingerprint density at radius 2 is 2.13 bits per heavy atom. The van der Waals surface area contributed by atoms with Gasteiger partial charge in [0, 0.05) is 6.54 Å². The Hall–Kier alpha value is -0.770. The summed E-state index contributed by atoms with van der Waals surface area (Å²) in [5.41, 5.74) is -0.410. The highest BCUT2D eigenvalue weighted by Crippen LogP contribution is 2.30. The van der Waals surface area contributed by atoms with Crippen LogP contribution in [0.5, 0.6) is 0 Å². The summed E-state index contributed by atoms with van der Waals surface area (Å²) >= 11 is 0. The van der Waals surface area contributed by atoms with Crippen LogP contribution in [0.25, 0.3) is 0 Å². The van der Waals surface area contributed by atoms with E-state index in [0.29, 0.717) is 12.6 Å². The van der Waals surface area contributed by atoms with Gasteiger partial charge in [-0.1, -0.05) is 0 Å². The van der Waals surface area contributed by atoms with Crippen molar-refractivity contribution in [3.05, 3.63) is 0 Å². The predicted octanol–water partition coefficient (Wildman–Crippen LogP) is 1.78. The molecule has 1 unspecified atom stereocenters. The number of carbonyl (C=O) groups excluding carboxylic acids is 1. The maximum Gasteiger partial charge on any atom is 0.410 e. The average molecular weight is 213 g/mol. The standard InChI is InChI=1S/C11H19NO3/c1-11(2,3)15-10(13)12-6-4-5-8-9(7-12)14-8/h8-9H,4-7H2,1-3H3/t8?,9-/m0/s1. The molecule has 4 heteroatoms. The maximum absolute atomic E-state index is 11.8. The lowest BCUT2D eigenvalue weighted by Gasteiger charge is -2.26. The molecule has 1 amide bonds. The van der Waals surface area contributed by atoms with Crippen molar-refractivity contribution >= 4 is 6.09 Å². The molecule has 0 aromatic heterocycles. The maximum atomic E-state index is 11.8. The van der Waals surface area contributed by atoms with Crippen LogP contribution in [0, 0.1) is 0 Å². The molecule has 0 N–H and O–H groups in total. The van der Waals surface area contributed by atoms with Crippen LogP contribution in [-0.2, 0) is 9.47 Å². The summed E-state index contributed by atoms with van der Waals surface area (Å²) in [6.07, 6.45) is 2.54. The molecule has 0 aromatic rings. The Morgan fingerprint density at radius 3 is 2.80 bits per heavy atom. The van der Waals surface area contributed by atoms with Crippen molar-refractivity contribution in [2.45, 2.75) is 51.4 Å². The lowest BCUT2D eigenvalue weighted by Crippen LogP contribution is -2.38. The number of ether oxygens (including phenoxy) is 2. The number of hydrogen-bond donors (Lipinski definition) is 0. The van der Waals surface area contributed by atoms with Gasteiger partial charge in [-0.2, -0.15) is 0 Å². The highest BCUT2D eigenvalue weighted by molar-refractivity contribution is 5.68. The number of nitrogens with zero attached hydrogens (tertiary/aromatic N) is 1. The molecule has 0 aromatic carbocycles. The summed E-state index contributed by atoms with van der Waals surface area (Å²) in [5.74, 6) is 0. The third-order valence-electron chi connectivity index (χ3n) is 2.66. The first-order valence-electron chi connectivity index (χ1n) is 5.59. The molecule has 2 rings (SSSR count). The number of fused-ring (bicyclic) bond motifs is 1. The second kappa shape index (κ2) is 3.67. The number of carbonyl (C=O) groups is 1. The van der Waals surface area contributed by atoms with Crippen LogP contribution in [0.4, 0.5) is 4.79 Å². The van der Waals surface area contributed by atoms with Gasteiger partial charge in [0.05, 0.1) is 12.6 Å². The first-order valence-corrected chi connectivity index (χ1v) is 5.59. The van der Waals surface area contributed by atoms with E-state index in [4.69, 9.17) is 9.47 Å². The number of likely N-dealkylation sites (tertiary alicyclic amines) is 1. The summed E-state index contributed by atoms with van der Waals surface area (Å²) in [6, 6.07) is 0. The largest absolute Gasteiger partial charge is 0.444 e. The Kier molecular flexibility index (Phi) is 2.63. The smallest absolute Gasteiger partial charge is 0.410 e. The van der Waals surface area contributed by atoms with E-state index in [-0.39, 0.29) is 12.2 Å². The molecule has 0 bridgehead atoms. The Balaban J connectivity index is 1.88. The van der Waals surface area contributed by atoms with E-state index in [2.05, 4.69) is 0 Å². The molecule has 0 saturated carbocycles. The molecule has 2 aliphatic heterocycles. The molecule has 2 heterocycles. The fourth-order valence-corrected chi connectivity index (χ4v) is 1.88. The first kappa shape index (κ1) is 10.7. The molecular weight excluding hydrogens is 194 g/mol. The monoisotopic (exact) mass is 213 g/mol. The third-order valence-corrected chi connectivity index (χ3v) is 2.66. The van der Waals surface area contributed by atoms with Crippen LogP contribution >= 0.6 is 0 Å². The quantitative estimate of drug-likeness (QED) is 0.576. The minimum Gasteiger partial charge on any atom is -0.444 e. The predicted molar refractivity (Wildman–Crippen MR) is 55.7 cm³/mol. The van der Waals surface area contributed by atoms with Crippen LogP contribution in [-0.4, -0.2) is 41.9 Å². The molecule has 0 aliphatic carbocycles. The highest BCUT2D eigenvalue weighted by Gasteiger charge is 2.43. The second-order valence-corrected chi connectivity index (χ2v) is 5.28. The van der Waals surface area contributed by atoms with Gasteiger partial charge in [0.15, 0.2) is 0 Å². The molecule has 15 heavy (non-hydrogen) atoms. The Morgan fingerprint density at radius 1 is 1.40 bits per heavy atom. The van der Waals surface area contributed by atoms with Crippen LogP contribution < -0.4 is 0 Å². The molecule has 2 saturated heterocycles. The lowest BCUT2D eigenvalue weighted by atomic mass is 10.2. The SMILES string of the molecule is CC(C)(C)OC(=O)N1CCCC2O[C@H]2C1. The topological polar surface area (TPSA) is 42.1 Å². The summed E-state index contributed by atoms with van der Waals surface area (Å²) in [7, 11) is 0. The van der Waals surface area contributed by atoms with E-state index in [9.17, 15) is 4.79 Å². The average Bonchev–Trinajstić information content (AvgIpc) is 2.74. The van der Waals surface area contributed by atoms with Crippen molar-refractivity contribution in [1.82, 2.24) is 4.90 Å². The fourth-order valence-electron chi connectivity index (χ4n) is 1.88. The van der Waals surface area contributed by atoms with Gasteiger partial charge in [-0.05, 0) is 33.6 Å². The molecule has 2 fully saturated rings. The fraction of sp³-hybridized carbons (Fsp3) is 0.909. The number of rotatable bonds is 0. The zero-order valence-corrected chi connectivity index (χ0v) is 9.66. The van der Waals surface area contributed by atoms with Gasteiger partial charge in [-0.25, -0.2) is 4.79 Å². The third kappa shape index (κ3) is 2.84. The van der Waals surface area contributed by atoms with Crippen LogP contribution in [0.2, 0.25) is 0 Å². The number of epoxide rings is 1. The lowest BCUT2D eigenvalue weighted by molar-refractivity contribution is 0.0234. The molecular formula is C11H19NO3. The molecule has 86 valence electrons. The Bertz CT molecular complexity index is 259. The van der Waals surface area contributed by atoms with Crippen molar-refractivity contribution in [2.24, 2.45) is 0 Å². The van der Waals surface area contributed by atoms with E-state index in [1.54, 1.807) is 4.90 Å². The first-order chi connectivity index (χ1) is 6.96. The van der Waals surface area contributed by atoms with E-state index in [1.807, 2.05) is 20.8 Å². The summed E-state index contributed by atoms with van der Waals surface area (Å²) in [5, 5.41) is 0. The van der Waals surface area contributed by atoms with Gasteiger partial charge in [0.1, 0.15) is 11.7 Å². The summed E-state index contributed by atoms with van der Waals surface area (Å²) in [6.45, 7) is 7.16. The van der Waals surface area contributed by atoms with Crippen LogP contribution in [0.3, 0.4) is 0 Å². The van der Waals surface area contributed by atoms with Crippen molar-refractivity contribution in [3.8, 4) is 0 Å². The summed E-state index contributed by atoms with van der Waals surface area (Å²) in [4.78, 5) is 13.5. The molecule has 0 spiro atoms.